The van der Waals surface area contributed by atoms with Crippen LogP contribution in [0.5, 0.6) is 0 Å². The Morgan fingerprint density at radius 2 is 2.00 bits per heavy atom. The molecule has 0 saturated carbocycles. The van der Waals surface area contributed by atoms with Gasteiger partial charge in [-0.05, 0) is 36.7 Å². The molecule has 11 heteroatoms. The van der Waals surface area contributed by atoms with Gasteiger partial charge in [-0.2, -0.15) is 0 Å². The number of hydrogen-bond donors (Lipinski definition) is 2. The van der Waals surface area contributed by atoms with Crippen LogP contribution in [-0.2, 0) is 6.42 Å². The van der Waals surface area contributed by atoms with Gasteiger partial charge in [-0.15, -0.1) is 0 Å². The number of nitrogens with one attached hydrogen (secondary N) is 2. The summed E-state index contributed by atoms with van der Waals surface area (Å²) in [5.74, 6) is 1.23. The van der Waals surface area contributed by atoms with Gasteiger partial charge in [-0.1, -0.05) is 18.5 Å². The van der Waals surface area contributed by atoms with Crippen LogP contribution in [0.4, 0.5) is 10.6 Å². The van der Waals surface area contributed by atoms with E-state index in [4.69, 9.17) is 21.6 Å². The summed E-state index contributed by atoms with van der Waals surface area (Å²) in [4.78, 5) is 37.6. The molecule has 34 heavy (non-hydrogen) atoms. The minimum absolute atomic E-state index is 0.130. The zero-order chi connectivity index (χ0) is 23.7. The topological polar surface area (TPSA) is 109 Å². The van der Waals surface area contributed by atoms with Gasteiger partial charge >= 0.3 is 6.03 Å². The highest BCUT2D eigenvalue weighted by atomic mass is 35.5. The lowest BCUT2D eigenvalue weighted by Gasteiger charge is -2.41. The number of hydrogen-bond acceptors (Lipinski definition) is 8. The third-order valence-electron chi connectivity index (χ3n) is 5.94. The number of allylic oxidation sites excluding steroid dienone is 1. The van der Waals surface area contributed by atoms with Gasteiger partial charge in [0.1, 0.15) is 11.3 Å². The SMILES string of the molecule is CCNC(=O)NCC1CN(c2nc(Sc3cnc4nccnc4c3)nc3c2C(Cl)=C(CC)C3)C1. The van der Waals surface area contributed by atoms with Crippen molar-refractivity contribution in [2.45, 2.75) is 36.7 Å². The Morgan fingerprint density at radius 3 is 2.79 bits per heavy atom. The number of pyridine rings is 1. The average Bonchev–Trinajstić information content (AvgIpc) is 3.13. The Kier molecular flexibility index (Phi) is 6.51. The molecule has 5 rings (SSSR count). The third kappa shape index (κ3) is 4.52. The molecule has 0 spiro atoms. The molecule has 0 unspecified atom stereocenters. The predicted molar refractivity (Wildman–Crippen MR) is 133 cm³/mol. The molecule has 3 aromatic heterocycles. The van der Waals surface area contributed by atoms with Crippen LogP contribution >= 0.6 is 23.4 Å². The van der Waals surface area contributed by atoms with Gasteiger partial charge in [0.25, 0.3) is 0 Å². The van der Waals surface area contributed by atoms with E-state index < -0.39 is 0 Å². The van der Waals surface area contributed by atoms with Gasteiger partial charge in [0.15, 0.2) is 10.8 Å². The maximum Gasteiger partial charge on any atom is 0.314 e. The van der Waals surface area contributed by atoms with Gasteiger partial charge in [0, 0.05) is 62.0 Å². The molecule has 2 amide bonds. The Hall–Kier alpha value is -2.98. The smallest absolute Gasteiger partial charge is 0.314 e. The molecule has 0 radical (unpaired) electrons. The summed E-state index contributed by atoms with van der Waals surface area (Å²) < 4.78 is 0. The number of urea groups is 1. The van der Waals surface area contributed by atoms with Gasteiger partial charge in [0.2, 0.25) is 0 Å². The molecule has 3 aromatic rings. The predicted octanol–water partition coefficient (Wildman–Crippen LogP) is 3.64. The minimum Gasteiger partial charge on any atom is -0.355 e. The number of amides is 2. The molecular weight excluding hydrogens is 472 g/mol. The molecule has 1 aliphatic heterocycles. The van der Waals surface area contributed by atoms with Gasteiger partial charge < -0.3 is 15.5 Å². The maximum absolute atomic E-state index is 11.7. The van der Waals surface area contributed by atoms with Crippen LogP contribution in [-0.4, -0.2) is 57.1 Å². The van der Waals surface area contributed by atoms with Crippen molar-refractivity contribution in [3.63, 3.8) is 0 Å². The van der Waals surface area contributed by atoms with E-state index in [1.54, 1.807) is 18.6 Å². The van der Waals surface area contributed by atoms with Crippen LogP contribution in [0.25, 0.3) is 16.2 Å². The van der Waals surface area contributed by atoms with Gasteiger partial charge in [0.05, 0.1) is 16.3 Å². The first kappa shape index (κ1) is 22.8. The fraction of sp³-hybridized carbons (Fsp3) is 0.391. The van der Waals surface area contributed by atoms with Crippen LogP contribution in [0.2, 0.25) is 0 Å². The first-order valence-corrected chi connectivity index (χ1v) is 12.5. The molecule has 176 valence electrons. The summed E-state index contributed by atoms with van der Waals surface area (Å²) in [6, 6.07) is 1.82. The Morgan fingerprint density at radius 1 is 1.18 bits per heavy atom. The summed E-state index contributed by atoms with van der Waals surface area (Å²) in [5, 5.41) is 7.12. The zero-order valence-electron chi connectivity index (χ0n) is 19.0. The number of carbonyl (C=O) groups is 1. The minimum atomic E-state index is -0.130. The van der Waals surface area contributed by atoms with Gasteiger partial charge in [-0.25, -0.2) is 24.7 Å². The number of aromatic nitrogens is 5. The normalized spacial score (nSPS) is 15.4. The Labute approximate surface area is 206 Å². The number of carbonyl (C=O) groups excluding carboxylic acids is 1. The maximum atomic E-state index is 11.7. The second-order valence-electron chi connectivity index (χ2n) is 8.28. The number of fused-ring (bicyclic) bond motifs is 2. The summed E-state index contributed by atoms with van der Waals surface area (Å²) in [5.41, 5.74) is 4.44. The van der Waals surface area contributed by atoms with Crippen molar-refractivity contribution in [2.75, 3.05) is 31.1 Å². The molecule has 0 aromatic carbocycles. The highest BCUT2D eigenvalue weighted by molar-refractivity contribution is 7.99. The number of halogens is 1. The van der Waals surface area contributed by atoms with Crippen molar-refractivity contribution in [2.24, 2.45) is 5.92 Å². The Balaban J connectivity index is 1.38. The summed E-state index contributed by atoms with van der Waals surface area (Å²) in [7, 11) is 0. The number of anilines is 1. The fourth-order valence-electron chi connectivity index (χ4n) is 4.17. The largest absolute Gasteiger partial charge is 0.355 e. The molecule has 1 saturated heterocycles. The fourth-order valence-corrected chi connectivity index (χ4v) is 5.34. The van der Waals surface area contributed by atoms with E-state index in [9.17, 15) is 4.79 Å². The van der Waals surface area contributed by atoms with E-state index >= 15 is 0 Å². The van der Waals surface area contributed by atoms with E-state index in [0.29, 0.717) is 29.8 Å². The van der Waals surface area contributed by atoms with Crippen LogP contribution in [0.15, 0.2) is 40.3 Å². The molecule has 9 nitrogen and oxygen atoms in total. The molecule has 2 N–H and O–H groups in total. The quantitative estimate of drug-likeness (QED) is 0.477. The van der Waals surface area contributed by atoms with Crippen molar-refractivity contribution in [1.29, 1.82) is 0 Å². The first-order valence-electron chi connectivity index (χ1n) is 11.4. The lowest BCUT2D eigenvalue weighted by molar-refractivity contribution is 0.238. The second-order valence-corrected chi connectivity index (χ2v) is 9.70. The number of rotatable bonds is 7. The van der Waals surface area contributed by atoms with E-state index in [1.165, 1.54) is 17.3 Å². The highest BCUT2D eigenvalue weighted by Crippen LogP contribution is 2.43. The molecule has 1 aliphatic carbocycles. The monoisotopic (exact) mass is 496 g/mol. The second kappa shape index (κ2) is 9.71. The Bertz CT molecular complexity index is 1280. The van der Waals surface area contributed by atoms with E-state index in [0.717, 1.165) is 58.5 Å². The molecular formula is C23H25ClN8OS. The standard InChI is InChI=1S/C23H25ClN8OS/c1-3-14-7-16-18(19(14)24)21(32-11-13(12-32)9-29-22(33)25-4-2)31-23(30-16)34-15-8-17-20(28-10-15)27-6-5-26-17/h5-6,8,10,13H,3-4,7,9,11-12H2,1-2H3,(H2,25,29,33). The van der Waals surface area contributed by atoms with Gasteiger partial charge in [-0.3, -0.25) is 4.98 Å². The molecule has 2 aliphatic rings. The molecule has 0 atom stereocenters. The van der Waals surface area contributed by atoms with Crippen molar-refractivity contribution < 1.29 is 4.79 Å². The van der Waals surface area contributed by atoms with Crippen LogP contribution in [0.3, 0.4) is 0 Å². The van der Waals surface area contributed by atoms with Crippen LogP contribution in [0.1, 0.15) is 31.5 Å². The van der Waals surface area contributed by atoms with Crippen molar-refractivity contribution in [3.05, 3.63) is 41.5 Å². The van der Waals surface area contributed by atoms with E-state index in [1.807, 2.05) is 13.0 Å². The lowest BCUT2D eigenvalue weighted by atomic mass is 9.99. The van der Waals surface area contributed by atoms with Crippen molar-refractivity contribution >= 4 is 51.4 Å². The lowest BCUT2D eigenvalue weighted by Crippen LogP contribution is -2.53. The third-order valence-corrected chi connectivity index (χ3v) is 7.22. The summed E-state index contributed by atoms with van der Waals surface area (Å²) >= 11 is 8.23. The zero-order valence-corrected chi connectivity index (χ0v) is 20.6. The van der Waals surface area contributed by atoms with E-state index in [2.05, 4.69) is 37.4 Å². The highest BCUT2D eigenvalue weighted by Gasteiger charge is 2.34. The summed E-state index contributed by atoms with van der Waals surface area (Å²) in [6.07, 6.45) is 6.68. The molecule has 0 bridgehead atoms. The van der Waals surface area contributed by atoms with Crippen LogP contribution in [0, 0.1) is 5.92 Å². The van der Waals surface area contributed by atoms with E-state index in [-0.39, 0.29) is 6.03 Å². The van der Waals surface area contributed by atoms with Crippen molar-refractivity contribution in [3.8, 4) is 0 Å². The first-order chi connectivity index (χ1) is 16.6. The molecule has 4 heterocycles. The summed E-state index contributed by atoms with van der Waals surface area (Å²) in [6.45, 7) is 6.86. The van der Waals surface area contributed by atoms with Crippen molar-refractivity contribution in [1.82, 2.24) is 35.6 Å². The average molecular weight is 497 g/mol. The molecule has 1 fully saturated rings. The van der Waals surface area contributed by atoms with Crippen LogP contribution < -0.4 is 15.5 Å². The number of nitrogens with zero attached hydrogens (tertiary/aromatic N) is 6.